The van der Waals surface area contributed by atoms with Gasteiger partial charge in [0.2, 0.25) is 0 Å². The highest BCUT2D eigenvalue weighted by molar-refractivity contribution is 5.67. The molecule has 0 spiro atoms. The number of anilines is 1. The molecule has 8 nitrogen and oxygen atoms in total. The fourth-order valence-electron chi connectivity index (χ4n) is 3.47. The average molecular weight is 390 g/mol. The Morgan fingerprint density at radius 1 is 1.25 bits per heavy atom. The van der Waals surface area contributed by atoms with Crippen molar-refractivity contribution in [2.75, 3.05) is 18.0 Å². The maximum absolute atomic E-state index is 14.5. The first-order valence-electron chi connectivity index (χ1n) is 8.96. The number of aromatic nitrogens is 5. The second kappa shape index (κ2) is 5.98. The van der Waals surface area contributed by atoms with Crippen LogP contribution in [0.3, 0.4) is 0 Å². The molecule has 0 amide bonds. The maximum atomic E-state index is 14.5. The topological polar surface area (TPSA) is 99.1 Å². The Balaban J connectivity index is 1.95. The van der Waals surface area contributed by atoms with E-state index in [1.54, 1.807) is 17.2 Å². The molecule has 3 aromatic heterocycles. The van der Waals surface area contributed by atoms with Crippen molar-refractivity contribution in [3.63, 3.8) is 0 Å². The number of hydrogen-bond donors (Lipinski definition) is 2. The molecule has 0 radical (unpaired) electrons. The van der Waals surface area contributed by atoms with E-state index in [1.807, 2.05) is 6.92 Å². The van der Waals surface area contributed by atoms with Crippen LogP contribution in [0.1, 0.15) is 26.3 Å². The lowest BCUT2D eigenvalue weighted by Crippen LogP contribution is -2.34. The van der Waals surface area contributed by atoms with Crippen LogP contribution in [0, 0.1) is 5.41 Å². The first kappa shape index (κ1) is 18.3. The van der Waals surface area contributed by atoms with Crippen LogP contribution in [0.25, 0.3) is 16.9 Å². The quantitative estimate of drug-likeness (QED) is 0.711. The SMILES string of the molecule is CCc1cnn2c(N3CC(C)(C)C(F)(F)C3)cc(-c3c[nH]c(=O)[nH]c3=O)nc12. The van der Waals surface area contributed by atoms with E-state index in [0.29, 0.717) is 17.9 Å². The van der Waals surface area contributed by atoms with Gasteiger partial charge in [0.25, 0.3) is 11.5 Å². The zero-order chi connectivity index (χ0) is 20.3. The minimum absolute atomic E-state index is 0.127. The number of alkyl halides is 2. The summed E-state index contributed by atoms with van der Waals surface area (Å²) in [7, 11) is 0. The van der Waals surface area contributed by atoms with Crippen molar-refractivity contribution in [2.45, 2.75) is 33.1 Å². The Morgan fingerprint density at radius 2 is 2.00 bits per heavy atom. The number of hydrogen-bond acceptors (Lipinski definition) is 5. The van der Waals surface area contributed by atoms with Gasteiger partial charge in [-0.1, -0.05) is 20.8 Å². The third-order valence-corrected chi connectivity index (χ3v) is 5.29. The van der Waals surface area contributed by atoms with E-state index < -0.39 is 29.1 Å². The molecule has 148 valence electrons. The van der Waals surface area contributed by atoms with Gasteiger partial charge in [0, 0.05) is 29.8 Å². The standard InChI is InChI=1S/C18H20F2N6O2/c1-4-10-6-22-26-13(25-8-17(2,3)18(19,20)9-25)5-12(23-14(10)26)11-7-21-16(28)24-15(11)27/h5-7H,4,8-9H2,1-3H3,(H2,21,24,27,28). The van der Waals surface area contributed by atoms with Gasteiger partial charge >= 0.3 is 5.69 Å². The lowest BCUT2D eigenvalue weighted by atomic mass is 9.89. The molecule has 1 aliphatic rings. The van der Waals surface area contributed by atoms with Gasteiger partial charge in [-0.25, -0.2) is 18.6 Å². The molecule has 2 N–H and O–H groups in total. The fourth-order valence-corrected chi connectivity index (χ4v) is 3.47. The van der Waals surface area contributed by atoms with Gasteiger partial charge < -0.3 is 9.88 Å². The van der Waals surface area contributed by atoms with Crippen LogP contribution >= 0.6 is 0 Å². The number of aryl methyl sites for hydroxylation is 1. The van der Waals surface area contributed by atoms with Crippen molar-refractivity contribution in [2.24, 2.45) is 5.41 Å². The molecule has 0 saturated carbocycles. The summed E-state index contributed by atoms with van der Waals surface area (Å²) in [6.07, 6.45) is 3.56. The summed E-state index contributed by atoms with van der Waals surface area (Å²) in [4.78, 5) is 34.2. The van der Waals surface area contributed by atoms with Gasteiger partial charge in [-0.3, -0.25) is 9.78 Å². The van der Waals surface area contributed by atoms with Crippen LogP contribution in [0.4, 0.5) is 14.6 Å². The Hall–Kier alpha value is -3.04. The van der Waals surface area contributed by atoms with E-state index in [-0.39, 0.29) is 17.8 Å². The third kappa shape index (κ3) is 2.71. The second-order valence-corrected chi connectivity index (χ2v) is 7.69. The third-order valence-electron chi connectivity index (χ3n) is 5.29. The number of nitrogens with one attached hydrogen (secondary N) is 2. The van der Waals surface area contributed by atoms with Crippen LogP contribution in [-0.2, 0) is 6.42 Å². The molecule has 4 rings (SSSR count). The van der Waals surface area contributed by atoms with Crippen LogP contribution in [0.15, 0.2) is 28.0 Å². The summed E-state index contributed by atoms with van der Waals surface area (Å²) in [5.74, 6) is -2.45. The molecule has 0 bridgehead atoms. The number of H-pyrrole nitrogens is 2. The minimum atomic E-state index is -2.88. The summed E-state index contributed by atoms with van der Waals surface area (Å²) in [6, 6.07) is 1.56. The summed E-state index contributed by atoms with van der Waals surface area (Å²) in [5.41, 5.74) is -0.688. The summed E-state index contributed by atoms with van der Waals surface area (Å²) < 4.78 is 30.5. The lowest BCUT2D eigenvalue weighted by Gasteiger charge is -2.24. The summed E-state index contributed by atoms with van der Waals surface area (Å²) >= 11 is 0. The van der Waals surface area contributed by atoms with Crippen LogP contribution in [0.2, 0.25) is 0 Å². The van der Waals surface area contributed by atoms with E-state index in [4.69, 9.17) is 0 Å². The molecular formula is C18H20F2N6O2. The van der Waals surface area contributed by atoms with Crippen molar-refractivity contribution in [1.29, 1.82) is 0 Å². The smallest absolute Gasteiger partial charge is 0.325 e. The van der Waals surface area contributed by atoms with Crippen LogP contribution < -0.4 is 16.1 Å². The molecule has 1 fully saturated rings. The molecule has 28 heavy (non-hydrogen) atoms. The van der Waals surface area contributed by atoms with Crippen molar-refractivity contribution in [3.8, 4) is 11.3 Å². The van der Waals surface area contributed by atoms with Gasteiger partial charge in [0.1, 0.15) is 5.82 Å². The Labute approximate surface area is 158 Å². The largest absolute Gasteiger partial charge is 0.350 e. The van der Waals surface area contributed by atoms with Gasteiger partial charge in [0.05, 0.1) is 24.0 Å². The highest BCUT2D eigenvalue weighted by atomic mass is 19.3. The first-order chi connectivity index (χ1) is 13.1. The van der Waals surface area contributed by atoms with Gasteiger partial charge in [-0.15, -0.1) is 0 Å². The maximum Gasteiger partial charge on any atom is 0.325 e. The molecule has 3 aromatic rings. The molecule has 10 heteroatoms. The second-order valence-electron chi connectivity index (χ2n) is 7.69. The van der Waals surface area contributed by atoms with Gasteiger partial charge in [0.15, 0.2) is 5.65 Å². The summed E-state index contributed by atoms with van der Waals surface area (Å²) in [6.45, 7) is 4.66. The zero-order valence-electron chi connectivity index (χ0n) is 15.7. The Bertz CT molecular complexity index is 1160. The molecule has 0 aliphatic carbocycles. The molecule has 4 heterocycles. The van der Waals surface area contributed by atoms with Crippen LogP contribution in [0.5, 0.6) is 0 Å². The number of halogens is 2. The molecule has 0 unspecified atom stereocenters. The normalized spacial score (nSPS) is 18.1. The molecular weight excluding hydrogens is 370 g/mol. The van der Waals surface area contributed by atoms with E-state index >= 15 is 0 Å². The Morgan fingerprint density at radius 3 is 2.61 bits per heavy atom. The van der Waals surface area contributed by atoms with Crippen molar-refractivity contribution < 1.29 is 8.78 Å². The number of aromatic amines is 2. The molecule has 0 aromatic carbocycles. The predicted octanol–water partition coefficient (Wildman–Crippen LogP) is 1.82. The van der Waals surface area contributed by atoms with E-state index in [2.05, 4.69) is 20.1 Å². The highest BCUT2D eigenvalue weighted by Crippen LogP contribution is 2.44. The van der Waals surface area contributed by atoms with E-state index in [0.717, 1.165) is 5.56 Å². The monoisotopic (exact) mass is 390 g/mol. The van der Waals surface area contributed by atoms with Crippen molar-refractivity contribution >= 4 is 11.5 Å². The van der Waals surface area contributed by atoms with E-state index in [9.17, 15) is 18.4 Å². The van der Waals surface area contributed by atoms with Crippen molar-refractivity contribution in [1.82, 2.24) is 24.6 Å². The number of rotatable bonds is 3. The Kier molecular flexibility index (Phi) is 3.91. The lowest BCUT2D eigenvalue weighted by molar-refractivity contribution is -0.0642. The van der Waals surface area contributed by atoms with E-state index in [1.165, 1.54) is 24.6 Å². The number of fused-ring (bicyclic) bond motifs is 1. The highest BCUT2D eigenvalue weighted by Gasteiger charge is 2.54. The molecule has 0 atom stereocenters. The average Bonchev–Trinajstić information content (AvgIpc) is 3.11. The molecule has 1 saturated heterocycles. The van der Waals surface area contributed by atoms with Gasteiger partial charge in [-0.2, -0.15) is 9.61 Å². The minimum Gasteiger partial charge on any atom is -0.350 e. The first-order valence-corrected chi connectivity index (χ1v) is 8.96. The van der Waals surface area contributed by atoms with Gasteiger partial charge in [-0.05, 0) is 6.42 Å². The van der Waals surface area contributed by atoms with Crippen LogP contribution in [-0.4, -0.2) is 43.6 Å². The summed E-state index contributed by atoms with van der Waals surface area (Å²) in [5, 5.41) is 4.32. The fraction of sp³-hybridized carbons (Fsp3) is 0.444. The molecule has 1 aliphatic heterocycles. The zero-order valence-corrected chi connectivity index (χ0v) is 15.7. The predicted molar refractivity (Wildman–Crippen MR) is 100.0 cm³/mol. The number of nitrogens with zero attached hydrogens (tertiary/aromatic N) is 4. The van der Waals surface area contributed by atoms with Crippen molar-refractivity contribution in [3.05, 3.63) is 44.9 Å².